The van der Waals surface area contributed by atoms with Crippen molar-refractivity contribution in [3.05, 3.63) is 33.7 Å². The summed E-state index contributed by atoms with van der Waals surface area (Å²) in [4.78, 5) is 26.9. The van der Waals surface area contributed by atoms with Crippen molar-refractivity contribution in [2.24, 2.45) is 4.99 Å². The second-order valence-corrected chi connectivity index (χ2v) is 5.57. The molecule has 0 unspecified atom stereocenters. The van der Waals surface area contributed by atoms with Gasteiger partial charge in [-0.2, -0.15) is 4.99 Å². The predicted molar refractivity (Wildman–Crippen MR) is 84.4 cm³/mol. The van der Waals surface area contributed by atoms with E-state index in [4.69, 9.17) is 16.3 Å². The number of benzene rings is 1. The molecule has 0 aliphatic carbocycles. The number of ether oxygens (including phenoxy) is 1. The van der Waals surface area contributed by atoms with Gasteiger partial charge >= 0.3 is 0 Å². The number of aliphatic imine (C=N–C) groups is 1. The van der Waals surface area contributed by atoms with E-state index in [9.17, 15) is 9.59 Å². The number of nitrogens with zero attached hydrogens (tertiary/aromatic N) is 1. The maximum atomic E-state index is 11.7. The summed E-state index contributed by atoms with van der Waals surface area (Å²) in [6, 6.07) is 5.26. The first-order chi connectivity index (χ1) is 9.99. The smallest absolute Gasteiger partial charge is 0.286 e. The van der Waals surface area contributed by atoms with Gasteiger partial charge in [0.2, 0.25) is 5.91 Å². The predicted octanol–water partition coefficient (Wildman–Crippen LogP) is 2.85. The average Bonchev–Trinajstić information content (AvgIpc) is 2.72. The second-order valence-electron chi connectivity index (χ2n) is 4.14. The van der Waals surface area contributed by atoms with Crippen LogP contribution in [0.1, 0.15) is 19.4 Å². The molecule has 0 spiro atoms. The van der Waals surface area contributed by atoms with Gasteiger partial charge in [-0.15, -0.1) is 0 Å². The maximum absolute atomic E-state index is 11.7. The van der Waals surface area contributed by atoms with E-state index in [1.165, 1.54) is 6.92 Å². The average molecular weight is 325 g/mol. The van der Waals surface area contributed by atoms with Gasteiger partial charge in [-0.1, -0.05) is 17.7 Å². The van der Waals surface area contributed by atoms with Crippen LogP contribution in [0.5, 0.6) is 5.75 Å². The quantitative estimate of drug-likeness (QED) is 0.868. The van der Waals surface area contributed by atoms with Crippen molar-refractivity contribution in [2.75, 3.05) is 6.61 Å². The summed E-state index contributed by atoms with van der Waals surface area (Å²) in [7, 11) is 0. The molecule has 7 heteroatoms. The molecule has 21 heavy (non-hydrogen) atoms. The molecule has 0 aromatic heterocycles. The third kappa shape index (κ3) is 4.09. The highest BCUT2D eigenvalue weighted by atomic mass is 35.5. The number of carbonyl (C=O) groups is 2. The molecule has 2 rings (SSSR count). The first-order valence-corrected chi connectivity index (χ1v) is 7.41. The number of nitrogens with one attached hydrogen (secondary N) is 1. The molecule has 0 fully saturated rings. The minimum atomic E-state index is -0.381. The van der Waals surface area contributed by atoms with E-state index in [1.54, 1.807) is 24.3 Å². The topological polar surface area (TPSA) is 67.8 Å². The highest BCUT2D eigenvalue weighted by Gasteiger charge is 2.22. The summed E-state index contributed by atoms with van der Waals surface area (Å²) in [5.74, 6) is -0.0462. The second kappa shape index (κ2) is 6.78. The van der Waals surface area contributed by atoms with Crippen LogP contribution in [0.2, 0.25) is 5.02 Å². The van der Waals surface area contributed by atoms with Crippen molar-refractivity contribution in [2.45, 2.75) is 13.8 Å². The summed E-state index contributed by atoms with van der Waals surface area (Å²) in [6.07, 6.45) is 1.67. The molecule has 0 radical (unpaired) electrons. The summed E-state index contributed by atoms with van der Waals surface area (Å²) >= 11 is 7.21. The van der Waals surface area contributed by atoms with Gasteiger partial charge in [0.15, 0.2) is 5.17 Å². The van der Waals surface area contributed by atoms with Crippen LogP contribution in [0.4, 0.5) is 0 Å². The van der Waals surface area contributed by atoms with Gasteiger partial charge in [0, 0.05) is 6.92 Å². The first kappa shape index (κ1) is 15.6. The van der Waals surface area contributed by atoms with Crippen LogP contribution in [0.25, 0.3) is 6.08 Å². The van der Waals surface area contributed by atoms with Crippen molar-refractivity contribution in [1.29, 1.82) is 0 Å². The zero-order chi connectivity index (χ0) is 15.4. The van der Waals surface area contributed by atoms with Gasteiger partial charge in [-0.25, -0.2) is 0 Å². The van der Waals surface area contributed by atoms with Crippen molar-refractivity contribution >= 4 is 46.4 Å². The molecule has 1 aliphatic rings. The molecular weight excluding hydrogens is 312 g/mol. The van der Waals surface area contributed by atoms with E-state index in [1.807, 2.05) is 6.92 Å². The zero-order valence-corrected chi connectivity index (χ0v) is 13.0. The molecule has 0 bridgehead atoms. The lowest BCUT2D eigenvalue weighted by Crippen LogP contribution is -2.23. The fraction of sp³-hybridized carbons (Fsp3) is 0.214. The Bertz CT molecular complexity index is 656. The Morgan fingerprint density at radius 1 is 1.52 bits per heavy atom. The minimum absolute atomic E-state index is 0.264. The summed E-state index contributed by atoms with van der Waals surface area (Å²) in [5, 5.41) is 3.26. The fourth-order valence-corrected chi connectivity index (χ4v) is 2.75. The molecule has 0 saturated carbocycles. The summed E-state index contributed by atoms with van der Waals surface area (Å²) in [6.45, 7) is 3.77. The number of hydrogen-bond donors (Lipinski definition) is 1. The van der Waals surface area contributed by atoms with Crippen molar-refractivity contribution in [3.63, 3.8) is 0 Å². The van der Waals surface area contributed by atoms with E-state index in [2.05, 4.69) is 10.3 Å². The Morgan fingerprint density at radius 3 is 2.90 bits per heavy atom. The number of hydrogen-bond acceptors (Lipinski definition) is 4. The lowest BCUT2D eigenvalue weighted by atomic mass is 10.2. The van der Waals surface area contributed by atoms with Gasteiger partial charge in [0.1, 0.15) is 5.75 Å². The zero-order valence-electron chi connectivity index (χ0n) is 11.5. The molecule has 1 aliphatic heterocycles. The van der Waals surface area contributed by atoms with Crippen LogP contribution in [0.15, 0.2) is 28.1 Å². The number of rotatable bonds is 3. The van der Waals surface area contributed by atoms with Crippen molar-refractivity contribution < 1.29 is 14.3 Å². The number of halogens is 1. The Morgan fingerprint density at radius 2 is 2.29 bits per heavy atom. The molecule has 1 heterocycles. The van der Waals surface area contributed by atoms with Gasteiger partial charge in [0.05, 0.1) is 16.5 Å². The van der Waals surface area contributed by atoms with Crippen LogP contribution in [-0.4, -0.2) is 23.6 Å². The Hall–Kier alpha value is -1.79. The van der Waals surface area contributed by atoms with E-state index in [0.29, 0.717) is 22.3 Å². The van der Waals surface area contributed by atoms with Crippen LogP contribution in [-0.2, 0) is 9.59 Å². The molecule has 1 aromatic carbocycles. The lowest BCUT2D eigenvalue weighted by molar-refractivity contribution is -0.117. The molecule has 2 amide bonds. The molecule has 110 valence electrons. The van der Waals surface area contributed by atoms with Crippen molar-refractivity contribution in [3.8, 4) is 5.75 Å². The molecule has 0 atom stereocenters. The summed E-state index contributed by atoms with van der Waals surface area (Å²) in [5.41, 5.74) is 0.763. The van der Waals surface area contributed by atoms with Crippen LogP contribution in [0, 0.1) is 0 Å². The molecule has 0 saturated heterocycles. The van der Waals surface area contributed by atoms with E-state index in [-0.39, 0.29) is 17.0 Å². The number of thioether (sulfide) groups is 1. The minimum Gasteiger partial charge on any atom is -0.492 e. The van der Waals surface area contributed by atoms with Gasteiger partial charge in [-0.05, 0) is 42.5 Å². The van der Waals surface area contributed by atoms with Crippen molar-refractivity contribution in [1.82, 2.24) is 5.32 Å². The Kier molecular flexibility index (Phi) is 5.03. The Balaban J connectivity index is 2.16. The highest BCUT2D eigenvalue weighted by molar-refractivity contribution is 8.18. The largest absolute Gasteiger partial charge is 0.492 e. The number of carbonyl (C=O) groups excluding carboxylic acids is 2. The SMILES string of the molecule is CCOc1ccc(/C=C2/SC(NC(C)=O)=NC2=O)cc1Cl. The number of amidine groups is 1. The maximum Gasteiger partial charge on any atom is 0.286 e. The molecule has 1 N–H and O–H groups in total. The molecule has 1 aromatic rings. The highest BCUT2D eigenvalue weighted by Crippen LogP contribution is 2.30. The third-order valence-electron chi connectivity index (χ3n) is 2.46. The van der Waals surface area contributed by atoms with Gasteiger partial charge in [-0.3, -0.25) is 9.59 Å². The molecule has 5 nitrogen and oxygen atoms in total. The normalized spacial score (nSPS) is 16.0. The standard InChI is InChI=1S/C14H13ClN2O3S/c1-3-20-11-5-4-9(6-10(11)15)7-12-13(19)17-14(21-12)16-8(2)18/h4-7H,3H2,1-2H3,(H,16,17,18,19)/b12-7+. The lowest BCUT2D eigenvalue weighted by Gasteiger charge is -2.06. The summed E-state index contributed by atoms with van der Waals surface area (Å²) < 4.78 is 5.35. The Labute approximate surface area is 131 Å². The van der Waals surface area contributed by atoms with E-state index < -0.39 is 0 Å². The molecular formula is C14H13ClN2O3S. The third-order valence-corrected chi connectivity index (χ3v) is 3.65. The van der Waals surface area contributed by atoms with Gasteiger partial charge < -0.3 is 10.1 Å². The van der Waals surface area contributed by atoms with Crippen LogP contribution < -0.4 is 10.1 Å². The van der Waals surface area contributed by atoms with E-state index >= 15 is 0 Å². The first-order valence-electron chi connectivity index (χ1n) is 6.22. The van der Waals surface area contributed by atoms with Crippen LogP contribution in [0.3, 0.4) is 0 Å². The fourth-order valence-electron chi connectivity index (χ4n) is 1.64. The van der Waals surface area contributed by atoms with E-state index in [0.717, 1.165) is 17.3 Å². The van der Waals surface area contributed by atoms with Gasteiger partial charge in [0.25, 0.3) is 5.91 Å². The number of amides is 2. The van der Waals surface area contributed by atoms with Crippen LogP contribution >= 0.6 is 23.4 Å². The monoisotopic (exact) mass is 324 g/mol.